The molecule has 0 amide bonds. The van der Waals surface area contributed by atoms with Crippen LogP contribution in [-0.2, 0) is 4.74 Å². The molecule has 7 nitrogen and oxygen atoms in total. The number of piperidine rings is 1. The molecule has 1 fully saturated rings. The minimum absolute atomic E-state index is 0.322. The second kappa shape index (κ2) is 11.9. The van der Waals surface area contributed by atoms with E-state index in [0.717, 1.165) is 49.9 Å². The molecular weight excluding hydrogens is 354 g/mol. The number of aliphatic hydroxyl groups is 1. The van der Waals surface area contributed by atoms with Crippen LogP contribution in [0, 0.1) is 12.8 Å². The average molecular weight is 392 g/mol. The monoisotopic (exact) mass is 391 g/mol. The smallest absolute Gasteiger partial charge is 0.191 e. The van der Waals surface area contributed by atoms with Crippen molar-refractivity contribution in [2.24, 2.45) is 10.9 Å². The molecular formula is C21H37N5O2. The van der Waals surface area contributed by atoms with Crippen LogP contribution >= 0.6 is 0 Å². The summed E-state index contributed by atoms with van der Waals surface area (Å²) in [5.74, 6) is 2.29. The summed E-state index contributed by atoms with van der Waals surface area (Å²) in [5.41, 5.74) is 1.05. The third kappa shape index (κ3) is 8.02. The number of ether oxygens (including phenoxy) is 1. The van der Waals surface area contributed by atoms with E-state index in [4.69, 9.17) is 4.74 Å². The van der Waals surface area contributed by atoms with Crippen molar-refractivity contribution in [2.75, 3.05) is 44.3 Å². The van der Waals surface area contributed by atoms with Gasteiger partial charge in [-0.1, -0.05) is 19.9 Å². The van der Waals surface area contributed by atoms with Crippen molar-refractivity contribution < 1.29 is 9.84 Å². The van der Waals surface area contributed by atoms with Gasteiger partial charge < -0.3 is 25.4 Å². The maximum Gasteiger partial charge on any atom is 0.191 e. The summed E-state index contributed by atoms with van der Waals surface area (Å²) >= 11 is 0. The van der Waals surface area contributed by atoms with E-state index in [-0.39, 0.29) is 0 Å². The van der Waals surface area contributed by atoms with Crippen molar-refractivity contribution in [3.63, 3.8) is 0 Å². The summed E-state index contributed by atoms with van der Waals surface area (Å²) in [6.07, 6.45) is 1.48. The Morgan fingerprint density at radius 3 is 2.71 bits per heavy atom. The molecule has 0 bridgehead atoms. The van der Waals surface area contributed by atoms with E-state index in [2.05, 4.69) is 51.5 Å². The van der Waals surface area contributed by atoms with Crippen molar-refractivity contribution in [1.82, 2.24) is 15.6 Å². The van der Waals surface area contributed by atoms with Gasteiger partial charge in [-0.2, -0.15) is 0 Å². The lowest BCUT2D eigenvalue weighted by molar-refractivity contribution is 0.0301. The van der Waals surface area contributed by atoms with E-state index in [1.165, 1.54) is 0 Å². The molecule has 1 aromatic rings. The van der Waals surface area contributed by atoms with Gasteiger partial charge in [-0.05, 0) is 44.7 Å². The molecule has 1 saturated heterocycles. The Hall–Kier alpha value is -1.86. The van der Waals surface area contributed by atoms with Crippen molar-refractivity contribution in [3.05, 3.63) is 23.9 Å². The number of pyridine rings is 1. The lowest BCUT2D eigenvalue weighted by Gasteiger charge is -2.34. The van der Waals surface area contributed by atoms with Gasteiger partial charge in [-0.15, -0.1) is 0 Å². The molecule has 1 unspecified atom stereocenters. The largest absolute Gasteiger partial charge is 0.389 e. The molecule has 0 radical (unpaired) electrons. The van der Waals surface area contributed by atoms with Crippen molar-refractivity contribution in [3.8, 4) is 0 Å². The van der Waals surface area contributed by atoms with Gasteiger partial charge >= 0.3 is 0 Å². The van der Waals surface area contributed by atoms with Gasteiger partial charge in [0.05, 0.1) is 19.3 Å². The zero-order valence-electron chi connectivity index (χ0n) is 17.8. The highest BCUT2D eigenvalue weighted by Gasteiger charge is 2.21. The molecule has 158 valence electrons. The summed E-state index contributed by atoms with van der Waals surface area (Å²) < 4.78 is 5.49. The van der Waals surface area contributed by atoms with Gasteiger partial charge in [0.1, 0.15) is 5.82 Å². The van der Waals surface area contributed by atoms with Crippen LogP contribution in [0.4, 0.5) is 5.82 Å². The lowest BCUT2D eigenvalue weighted by Crippen LogP contribution is -2.49. The number of rotatable bonds is 9. The van der Waals surface area contributed by atoms with Crippen LogP contribution in [0.1, 0.15) is 39.3 Å². The molecule has 0 aliphatic carbocycles. The molecule has 0 saturated carbocycles. The lowest BCUT2D eigenvalue weighted by atomic mass is 10.1. The predicted octanol–water partition coefficient (Wildman–Crippen LogP) is 1.95. The molecule has 3 N–H and O–H groups in total. The molecule has 0 aromatic carbocycles. The highest BCUT2D eigenvalue weighted by Crippen LogP contribution is 2.18. The number of hydrogen-bond donors (Lipinski definition) is 3. The molecule has 0 spiro atoms. The minimum atomic E-state index is -0.580. The Kier molecular flexibility index (Phi) is 9.50. The highest BCUT2D eigenvalue weighted by atomic mass is 16.5. The fourth-order valence-electron chi connectivity index (χ4n) is 3.16. The maximum absolute atomic E-state index is 10.1. The Morgan fingerprint density at radius 1 is 1.32 bits per heavy atom. The van der Waals surface area contributed by atoms with Gasteiger partial charge in [0.25, 0.3) is 0 Å². The Balaban J connectivity index is 1.79. The van der Waals surface area contributed by atoms with Gasteiger partial charge in [0, 0.05) is 38.0 Å². The van der Waals surface area contributed by atoms with Gasteiger partial charge in [0.15, 0.2) is 5.96 Å². The molecule has 2 heterocycles. The summed E-state index contributed by atoms with van der Waals surface area (Å²) in [6, 6.07) is 6.54. The number of aliphatic imine (C=N–C) groups is 1. The summed E-state index contributed by atoms with van der Waals surface area (Å²) in [5, 5.41) is 16.8. The number of anilines is 1. The molecule has 1 aliphatic heterocycles. The van der Waals surface area contributed by atoms with Crippen LogP contribution in [0.15, 0.2) is 23.2 Å². The fourth-order valence-corrected chi connectivity index (χ4v) is 3.16. The topological polar surface area (TPSA) is 82.0 Å². The highest BCUT2D eigenvalue weighted by molar-refractivity contribution is 5.80. The third-order valence-corrected chi connectivity index (χ3v) is 4.60. The second-order valence-corrected chi connectivity index (χ2v) is 7.85. The van der Waals surface area contributed by atoms with E-state index < -0.39 is 6.10 Å². The van der Waals surface area contributed by atoms with Crippen molar-refractivity contribution in [2.45, 2.75) is 52.7 Å². The maximum atomic E-state index is 10.1. The first-order valence-corrected chi connectivity index (χ1v) is 10.5. The third-order valence-electron chi connectivity index (χ3n) is 4.60. The SMILES string of the molecule is CCNC(=NCC(O)COCC(C)C)NC1CCN(c2cccc(C)n2)CC1. The number of aromatic nitrogens is 1. The van der Waals surface area contributed by atoms with E-state index in [9.17, 15) is 5.11 Å². The zero-order chi connectivity index (χ0) is 20.4. The van der Waals surface area contributed by atoms with Gasteiger partial charge in [-0.25, -0.2) is 4.98 Å². The normalized spacial score (nSPS) is 17.1. The number of nitrogens with zero attached hydrogens (tertiary/aromatic N) is 3. The van der Waals surface area contributed by atoms with Gasteiger partial charge in [0.2, 0.25) is 0 Å². The minimum Gasteiger partial charge on any atom is -0.389 e. The van der Waals surface area contributed by atoms with E-state index >= 15 is 0 Å². The number of guanidine groups is 1. The summed E-state index contributed by atoms with van der Waals surface area (Å²) in [4.78, 5) is 11.5. The van der Waals surface area contributed by atoms with E-state index in [1.807, 2.05) is 19.9 Å². The van der Waals surface area contributed by atoms with Crippen molar-refractivity contribution >= 4 is 11.8 Å². The number of aryl methyl sites for hydroxylation is 1. The predicted molar refractivity (Wildman–Crippen MR) is 115 cm³/mol. The van der Waals surface area contributed by atoms with Crippen LogP contribution in [0.3, 0.4) is 0 Å². The Bertz CT molecular complexity index is 600. The molecule has 2 rings (SSSR count). The standard InChI is InChI=1S/C21H37N5O2/c1-5-22-21(23-13-19(27)15-28-14-16(2)3)25-18-9-11-26(12-10-18)20-8-6-7-17(4)24-20/h6-8,16,18-19,27H,5,9-15H2,1-4H3,(H2,22,23,25). The molecule has 28 heavy (non-hydrogen) atoms. The first-order chi connectivity index (χ1) is 13.5. The Morgan fingerprint density at radius 2 is 2.07 bits per heavy atom. The number of aliphatic hydroxyl groups excluding tert-OH is 1. The first-order valence-electron chi connectivity index (χ1n) is 10.5. The van der Waals surface area contributed by atoms with Crippen LogP contribution in [0.5, 0.6) is 0 Å². The average Bonchev–Trinajstić information content (AvgIpc) is 2.66. The van der Waals surface area contributed by atoms with Crippen LogP contribution < -0.4 is 15.5 Å². The summed E-state index contributed by atoms with van der Waals surface area (Å²) in [6.45, 7) is 12.3. The second-order valence-electron chi connectivity index (χ2n) is 7.85. The van der Waals surface area contributed by atoms with Gasteiger partial charge in [-0.3, -0.25) is 4.99 Å². The van der Waals surface area contributed by atoms with E-state index in [1.54, 1.807) is 0 Å². The first kappa shape index (κ1) is 22.4. The molecule has 7 heteroatoms. The molecule has 1 aliphatic rings. The fraction of sp³-hybridized carbons (Fsp3) is 0.714. The number of nitrogens with one attached hydrogen (secondary N) is 2. The molecule has 1 atom stereocenters. The Labute approximate surface area is 169 Å². The number of hydrogen-bond acceptors (Lipinski definition) is 5. The molecule has 1 aromatic heterocycles. The van der Waals surface area contributed by atoms with Crippen LogP contribution in [0.25, 0.3) is 0 Å². The van der Waals surface area contributed by atoms with Crippen LogP contribution in [0.2, 0.25) is 0 Å². The van der Waals surface area contributed by atoms with E-state index in [0.29, 0.717) is 31.7 Å². The van der Waals surface area contributed by atoms with Crippen molar-refractivity contribution in [1.29, 1.82) is 0 Å². The summed E-state index contributed by atoms with van der Waals surface area (Å²) in [7, 11) is 0. The zero-order valence-corrected chi connectivity index (χ0v) is 17.8. The van der Waals surface area contributed by atoms with Crippen LogP contribution in [-0.4, -0.2) is 67.6 Å². The quantitative estimate of drug-likeness (QED) is 0.441.